The molecule has 8 heteroatoms. The zero-order chi connectivity index (χ0) is 23.3. The first kappa shape index (κ1) is 21.6. The molecule has 2 heterocycles. The number of amides is 4. The number of aryl methyl sites for hydroxylation is 2. The van der Waals surface area contributed by atoms with Gasteiger partial charge in [-0.2, -0.15) is 0 Å². The van der Waals surface area contributed by atoms with E-state index in [4.69, 9.17) is 0 Å². The number of rotatable bonds is 5. The number of nitrogens with one attached hydrogen (secondary N) is 1. The number of nitrogens with zero attached hydrogens (tertiary/aromatic N) is 3. The molecule has 0 unspecified atom stereocenters. The smallest absolute Gasteiger partial charge is 0.325 e. The van der Waals surface area contributed by atoms with Crippen LogP contribution in [0.1, 0.15) is 48.0 Å². The van der Waals surface area contributed by atoms with Crippen LogP contribution in [0.4, 0.5) is 4.79 Å². The molecule has 1 aromatic heterocycles. The molecule has 1 saturated heterocycles. The number of likely N-dealkylation sites (N-methyl/N-ethyl adjacent to an activating group) is 1. The fourth-order valence-corrected chi connectivity index (χ4v) is 5.68. The molecule has 2 atom stereocenters. The Morgan fingerprint density at radius 2 is 1.97 bits per heavy atom. The number of urea groups is 1. The van der Waals surface area contributed by atoms with Crippen molar-refractivity contribution in [3.8, 4) is 0 Å². The summed E-state index contributed by atoms with van der Waals surface area (Å²) < 4.78 is 1.06. The van der Waals surface area contributed by atoms with E-state index in [0.717, 1.165) is 45.0 Å². The molecule has 5 rings (SSSR count). The molecule has 1 aliphatic heterocycles. The predicted octanol–water partition coefficient (Wildman–Crippen LogP) is 3.77. The summed E-state index contributed by atoms with van der Waals surface area (Å²) in [4.78, 5) is 46.3. The number of hydrogen-bond acceptors (Lipinski definition) is 5. The summed E-state index contributed by atoms with van der Waals surface area (Å²) in [5.41, 5.74) is 3.01. The molecular weight excluding hydrogens is 436 g/mol. The number of carbonyl (C=O) groups excluding carboxylic acids is 3. The maximum atomic E-state index is 13.3. The summed E-state index contributed by atoms with van der Waals surface area (Å²) in [5.74, 6) is -0.719. The molecule has 1 N–H and O–H groups in total. The van der Waals surface area contributed by atoms with Gasteiger partial charge in [0.1, 0.15) is 17.1 Å². The van der Waals surface area contributed by atoms with Gasteiger partial charge in [-0.25, -0.2) is 9.78 Å². The van der Waals surface area contributed by atoms with Gasteiger partial charge in [0.05, 0.1) is 16.3 Å². The van der Waals surface area contributed by atoms with E-state index in [9.17, 15) is 14.4 Å². The van der Waals surface area contributed by atoms with Crippen LogP contribution < -0.4 is 5.32 Å². The van der Waals surface area contributed by atoms with Crippen molar-refractivity contribution in [2.45, 2.75) is 44.7 Å². The minimum atomic E-state index is -1.17. The van der Waals surface area contributed by atoms with Crippen LogP contribution in [0.25, 0.3) is 10.2 Å². The maximum absolute atomic E-state index is 13.3. The lowest BCUT2D eigenvalue weighted by Crippen LogP contribution is -2.44. The second-order valence-electron chi connectivity index (χ2n) is 8.98. The molecule has 0 radical (unpaired) electrons. The summed E-state index contributed by atoms with van der Waals surface area (Å²) in [6.45, 7) is 3.30. The normalized spacial score (nSPS) is 20.8. The van der Waals surface area contributed by atoms with E-state index in [0.29, 0.717) is 0 Å². The van der Waals surface area contributed by atoms with Crippen molar-refractivity contribution in [1.29, 1.82) is 0 Å². The van der Waals surface area contributed by atoms with Gasteiger partial charge < -0.3 is 10.2 Å². The molecule has 4 amide bonds. The molecule has 1 aliphatic carbocycles. The Kier molecular flexibility index (Phi) is 5.20. The Labute approximate surface area is 196 Å². The van der Waals surface area contributed by atoms with E-state index in [1.165, 1.54) is 22.5 Å². The van der Waals surface area contributed by atoms with Crippen LogP contribution in [-0.2, 0) is 28.0 Å². The van der Waals surface area contributed by atoms with Gasteiger partial charge in [0.25, 0.3) is 5.91 Å². The first-order valence-corrected chi connectivity index (χ1v) is 12.0. The second-order valence-corrected chi connectivity index (χ2v) is 10.0. The van der Waals surface area contributed by atoms with Crippen LogP contribution in [0.5, 0.6) is 0 Å². The fraction of sp³-hybridized carbons (Fsp3) is 0.360. The second kappa shape index (κ2) is 7.95. The number of imide groups is 1. The fourth-order valence-electron chi connectivity index (χ4n) is 4.62. The molecule has 3 aromatic rings. The van der Waals surface area contributed by atoms with E-state index in [2.05, 4.69) is 10.3 Å². The SMILES string of the molecule is C[C@H](c1nc2ccccc2s1)N(C)C(=O)CN1C(=O)N[C@@](C)(c2ccc3c(c2)CCC3)C1=O. The van der Waals surface area contributed by atoms with Gasteiger partial charge in [0.2, 0.25) is 5.91 Å². The zero-order valence-corrected chi connectivity index (χ0v) is 19.7. The Balaban J connectivity index is 1.32. The lowest BCUT2D eigenvalue weighted by Gasteiger charge is -2.26. The van der Waals surface area contributed by atoms with Gasteiger partial charge in [0.15, 0.2) is 0 Å². The lowest BCUT2D eigenvalue weighted by atomic mass is 9.89. The summed E-state index contributed by atoms with van der Waals surface area (Å²) in [6, 6.07) is 13.0. The van der Waals surface area contributed by atoms with Gasteiger partial charge in [-0.1, -0.05) is 30.3 Å². The van der Waals surface area contributed by atoms with Gasteiger partial charge in [-0.15, -0.1) is 11.3 Å². The Hall–Kier alpha value is -3.26. The third kappa shape index (κ3) is 3.58. The quantitative estimate of drug-likeness (QED) is 0.585. The number of aromatic nitrogens is 1. The molecule has 0 spiro atoms. The largest absolute Gasteiger partial charge is 0.335 e. The number of thiazole rings is 1. The highest BCUT2D eigenvalue weighted by molar-refractivity contribution is 7.18. The highest BCUT2D eigenvalue weighted by atomic mass is 32.1. The molecule has 1 fully saturated rings. The molecule has 2 aliphatic rings. The molecule has 0 bridgehead atoms. The van der Waals surface area contributed by atoms with Gasteiger partial charge >= 0.3 is 6.03 Å². The van der Waals surface area contributed by atoms with Crippen molar-refractivity contribution < 1.29 is 14.4 Å². The van der Waals surface area contributed by atoms with E-state index < -0.39 is 17.5 Å². The minimum Gasteiger partial charge on any atom is -0.335 e. The van der Waals surface area contributed by atoms with Crippen molar-refractivity contribution in [3.63, 3.8) is 0 Å². The number of hydrogen-bond donors (Lipinski definition) is 1. The maximum Gasteiger partial charge on any atom is 0.325 e. The molecule has 170 valence electrons. The highest BCUT2D eigenvalue weighted by Crippen LogP contribution is 2.33. The first-order chi connectivity index (χ1) is 15.8. The summed E-state index contributed by atoms with van der Waals surface area (Å²) in [6.07, 6.45) is 3.14. The van der Waals surface area contributed by atoms with Gasteiger partial charge in [-0.05, 0) is 61.9 Å². The van der Waals surface area contributed by atoms with Crippen molar-refractivity contribution in [2.75, 3.05) is 13.6 Å². The third-order valence-corrected chi connectivity index (χ3v) is 8.09. The van der Waals surface area contributed by atoms with Crippen LogP contribution in [0, 0.1) is 0 Å². The molecule has 7 nitrogen and oxygen atoms in total. The van der Waals surface area contributed by atoms with Crippen molar-refractivity contribution in [3.05, 3.63) is 64.2 Å². The van der Waals surface area contributed by atoms with Crippen LogP contribution in [0.3, 0.4) is 0 Å². The zero-order valence-electron chi connectivity index (χ0n) is 18.9. The minimum absolute atomic E-state index is 0.279. The van der Waals surface area contributed by atoms with Gasteiger partial charge in [0, 0.05) is 7.05 Å². The van der Waals surface area contributed by atoms with Crippen LogP contribution >= 0.6 is 11.3 Å². The number of para-hydroxylation sites is 1. The van der Waals surface area contributed by atoms with Crippen molar-refractivity contribution in [1.82, 2.24) is 20.1 Å². The molecule has 2 aromatic carbocycles. The number of benzene rings is 2. The third-order valence-electron chi connectivity index (χ3n) is 6.89. The monoisotopic (exact) mass is 462 g/mol. The van der Waals surface area contributed by atoms with Crippen LogP contribution in [0.2, 0.25) is 0 Å². The Morgan fingerprint density at radius 3 is 2.76 bits per heavy atom. The van der Waals surface area contributed by atoms with E-state index in [1.54, 1.807) is 18.9 Å². The molecule has 0 saturated carbocycles. The highest BCUT2D eigenvalue weighted by Gasteiger charge is 2.50. The van der Waals surface area contributed by atoms with E-state index in [1.807, 2.05) is 49.4 Å². The van der Waals surface area contributed by atoms with Crippen LogP contribution in [-0.4, -0.2) is 46.2 Å². The van der Waals surface area contributed by atoms with Crippen molar-refractivity contribution >= 4 is 39.4 Å². The van der Waals surface area contributed by atoms with E-state index in [-0.39, 0.29) is 18.5 Å². The summed E-state index contributed by atoms with van der Waals surface area (Å²) in [5, 5.41) is 3.63. The Bertz CT molecular complexity index is 1250. The standard InChI is InChI=1S/C25H26N4O3S/c1-15(22-26-19-9-4-5-10-20(19)33-22)28(3)21(30)14-29-23(31)25(2,27-24(29)32)18-12-11-16-7-6-8-17(16)13-18/h4-5,9-13,15H,6-8,14H2,1-3H3,(H,27,32)/t15-,25+/m1/s1. The summed E-state index contributed by atoms with van der Waals surface area (Å²) >= 11 is 1.54. The average Bonchev–Trinajstić information content (AvgIpc) is 3.51. The topological polar surface area (TPSA) is 82.6 Å². The van der Waals surface area contributed by atoms with E-state index >= 15 is 0 Å². The number of carbonyl (C=O) groups is 3. The van der Waals surface area contributed by atoms with Gasteiger partial charge in [-0.3, -0.25) is 14.5 Å². The first-order valence-electron chi connectivity index (χ1n) is 11.2. The lowest BCUT2D eigenvalue weighted by molar-refractivity contribution is -0.139. The van der Waals surface area contributed by atoms with Crippen molar-refractivity contribution in [2.24, 2.45) is 0 Å². The molecule has 33 heavy (non-hydrogen) atoms. The molecular formula is C25H26N4O3S. The number of fused-ring (bicyclic) bond motifs is 2. The summed E-state index contributed by atoms with van der Waals surface area (Å²) in [7, 11) is 1.68. The predicted molar refractivity (Wildman–Crippen MR) is 127 cm³/mol. The Morgan fingerprint density at radius 1 is 1.21 bits per heavy atom. The average molecular weight is 463 g/mol. The van der Waals surface area contributed by atoms with Crippen LogP contribution in [0.15, 0.2) is 42.5 Å².